The topological polar surface area (TPSA) is 45.7 Å². The molecule has 1 aliphatic heterocycles. The van der Waals surface area contributed by atoms with Crippen molar-refractivity contribution < 1.29 is 9.53 Å². The molecule has 128 valence electrons. The first-order chi connectivity index (χ1) is 11.5. The highest BCUT2D eigenvalue weighted by Gasteiger charge is 2.24. The molecule has 0 saturated carbocycles. The Morgan fingerprint density at radius 1 is 1.17 bits per heavy atom. The van der Waals surface area contributed by atoms with Crippen LogP contribution in [0.1, 0.15) is 29.9 Å². The third kappa shape index (κ3) is 3.22. The van der Waals surface area contributed by atoms with E-state index in [0.29, 0.717) is 11.6 Å². The predicted molar refractivity (Wildman–Crippen MR) is 95.6 cm³/mol. The van der Waals surface area contributed by atoms with Crippen molar-refractivity contribution in [3.63, 3.8) is 0 Å². The van der Waals surface area contributed by atoms with Gasteiger partial charge in [-0.05, 0) is 39.0 Å². The van der Waals surface area contributed by atoms with Crippen molar-refractivity contribution in [2.24, 2.45) is 0 Å². The molecular formula is C19H25N3O2. The number of amides is 1. The van der Waals surface area contributed by atoms with Crippen LogP contribution < -0.4 is 4.74 Å². The Kier molecular flexibility index (Phi) is 4.71. The van der Waals surface area contributed by atoms with E-state index in [2.05, 4.69) is 23.7 Å². The van der Waals surface area contributed by atoms with E-state index in [1.54, 1.807) is 7.11 Å². The summed E-state index contributed by atoms with van der Waals surface area (Å²) in [5.74, 6) is 0.861. The zero-order chi connectivity index (χ0) is 17.3. The van der Waals surface area contributed by atoms with Gasteiger partial charge in [-0.1, -0.05) is 0 Å². The molecule has 2 heterocycles. The van der Waals surface area contributed by atoms with Crippen LogP contribution in [0.3, 0.4) is 0 Å². The van der Waals surface area contributed by atoms with Crippen LogP contribution in [0, 0.1) is 6.92 Å². The second-order valence-electron chi connectivity index (χ2n) is 6.60. The lowest BCUT2D eigenvalue weighted by atomic mass is 10.1. The summed E-state index contributed by atoms with van der Waals surface area (Å²) in [5, 5.41) is 0.963. The summed E-state index contributed by atoms with van der Waals surface area (Å²) in [7, 11) is 1.64. The molecule has 0 bridgehead atoms. The van der Waals surface area contributed by atoms with Crippen LogP contribution in [-0.2, 0) is 0 Å². The molecular weight excluding hydrogens is 302 g/mol. The molecule has 1 aliphatic rings. The van der Waals surface area contributed by atoms with Crippen molar-refractivity contribution >= 4 is 16.8 Å². The van der Waals surface area contributed by atoms with E-state index in [4.69, 9.17) is 4.74 Å². The number of pyridine rings is 1. The maximum atomic E-state index is 12.9. The zero-order valence-electron chi connectivity index (χ0n) is 14.9. The van der Waals surface area contributed by atoms with Crippen molar-refractivity contribution in [3.8, 4) is 5.75 Å². The maximum Gasteiger partial charge on any atom is 0.255 e. The van der Waals surface area contributed by atoms with Crippen LogP contribution in [0.25, 0.3) is 10.9 Å². The molecule has 0 atom stereocenters. The number of nitrogens with zero attached hydrogens (tertiary/aromatic N) is 3. The largest absolute Gasteiger partial charge is 0.497 e. The Hall–Kier alpha value is -2.14. The fourth-order valence-corrected chi connectivity index (χ4v) is 3.20. The number of rotatable bonds is 3. The number of carbonyl (C=O) groups excluding carboxylic acids is 1. The van der Waals surface area contributed by atoms with Crippen molar-refractivity contribution in [1.29, 1.82) is 0 Å². The van der Waals surface area contributed by atoms with Crippen molar-refractivity contribution in [2.45, 2.75) is 26.8 Å². The van der Waals surface area contributed by atoms with Crippen LogP contribution >= 0.6 is 0 Å². The van der Waals surface area contributed by atoms with E-state index < -0.39 is 0 Å². The highest BCUT2D eigenvalue weighted by molar-refractivity contribution is 5.98. The normalized spacial score (nSPS) is 16.0. The van der Waals surface area contributed by atoms with Crippen LogP contribution in [0.15, 0.2) is 24.3 Å². The summed E-state index contributed by atoms with van der Waals surface area (Å²) in [6.45, 7) is 9.71. The highest BCUT2D eigenvalue weighted by atomic mass is 16.5. The number of ether oxygens (including phenoxy) is 1. The minimum Gasteiger partial charge on any atom is -0.497 e. The third-order valence-corrected chi connectivity index (χ3v) is 4.78. The Labute approximate surface area is 143 Å². The first kappa shape index (κ1) is 16.7. The molecule has 0 aliphatic carbocycles. The predicted octanol–water partition coefficient (Wildman–Crippen LogP) is 2.72. The van der Waals surface area contributed by atoms with Crippen LogP contribution in [0.2, 0.25) is 0 Å². The van der Waals surface area contributed by atoms with E-state index in [0.717, 1.165) is 48.5 Å². The summed E-state index contributed by atoms with van der Waals surface area (Å²) in [6.07, 6.45) is 0. The number of piperazine rings is 1. The highest BCUT2D eigenvalue weighted by Crippen LogP contribution is 2.23. The molecule has 1 amide bonds. The molecule has 0 radical (unpaired) electrons. The maximum absolute atomic E-state index is 12.9. The van der Waals surface area contributed by atoms with Crippen molar-refractivity contribution in [3.05, 3.63) is 35.5 Å². The summed E-state index contributed by atoms with van der Waals surface area (Å²) < 4.78 is 5.24. The Balaban J connectivity index is 1.84. The van der Waals surface area contributed by atoms with E-state index in [1.807, 2.05) is 36.1 Å². The number of hydrogen-bond donors (Lipinski definition) is 0. The molecule has 1 fully saturated rings. The van der Waals surface area contributed by atoms with Crippen LogP contribution in [0.5, 0.6) is 5.75 Å². The number of methoxy groups -OCH3 is 1. The minimum absolute atomic E-state index is 0.0844. The molecule has 0 N–H and O–H groups in total. The zero-order valence-corrected chi connectivity index (χ0v) is 14.9. The lowest BCUT2D eigenvalue weighted by Gasteiger charge is -2.37. The Morgan fingerprint density at radius 3 is 2.50 bits per heavy atom. The van der Waals surface area contributed by atoms with Gasteiger partial charge in [-0.25, -0.2) is 0 Å². The van der Waals surface area contributed by atoms with Gasteiger partial charge in [0.05, 0.1) is 23.9 Å². The van der Waals surface area contributed by atoms with E-state index in [1.165, 1.54) is 0 Å². The molecule has 3 rings (SSSR count). The Morgan fingerprint density at radius 2 is 1.88 bits per heavy atom. The number of aromatic nitrogens is 1. The fraction of sp³-hybridized carbons (Fsp3) is 0.474. The van der Waals surface area contributed by atoms with Crippen molar-refractivity contribution in [1.82, 2.24) is 14.8 Å². The lowest BCUT2D eigenvalue weighted by Crippen LogP contribution is -2.50. The van der Waals surface area contributed by atoms with Gasteiger partial charge in [0, 0.05) is 43.7 Å². The molecule has 1 saturated heterocycles. The second kappa shape index (κ2) is 6.77. The van der Waals surface area contributed by atoms with Gasteiger partial charge in [0.15, 0.2) is 0 Å². The first-order valence-electron chi connectivity index (χ1n) is 8.48. The van der Waals surface area contributed by atoms with Crippen LogP contribution in [0.4, 0.5) is 0 Å². The number of hydrogen-bond acceptors (Lipinski definition) is 4. The van der Waals surface area contributed by atoms with Gasteiger partial charge in [0.2, 0.25) is 0 Å². The van der Waals surface area contributed by atoms with Gasteiger partial charge in [-0.3, -0.25) is 14.7 Å². The molecule has 1 aromatic carbocycles. The van der Waals surface area contributed by atoms with Crippen molar-refractivity contribution in [2.75, 3.05) is 33.3 Å². The summed E-state index contributed by atoms with van der Waals surface area (Å²) in [4.78, 5) is 21.9. The van der Waals surface area contributed by atoms with E-state index in [9.17, 15) is 4.79 Å². The van der Waals surface area contributed by atoms with Gasteiger partial charge in [0.1, 0.15) is 5.75 Å². The van der Waals surface area contributed by atoms with E-state index in [-0.39, 0.29) is 5.91 Å². The number of fused-ring (bicyclic) bond motifs is 1. The standard InChI is InChI=1S/C19H25N3O2/c1-13(2)21-7-9-22(10-8-21)19(23)17-11-15-5-6-16(24-4)12-18(15)20-14(17)3/h5-6,11-13H,7-10H2,1-4H3. The van der Waals surface area contributed by atoms with Gasteiger partial charge in [0.25, 0.3) is 5.91 Å². The summed E-state index contributed by atoms with van der Waals surface area (Å²) in [6, 6.07) is 8.23. The monoisotopic (exact) mass is 327 g/mol. The summed E-state index contributed by atoms with van der Waals surface area (Å²) >= 11 is 0. The summed E-state index contributed by atoms with van der Waals surface area (Å²) in [5.41, 5.74) is 2.32. The molecule has 2 aromatic rings. The quantitative estimate of drug-likeness (QED) is 0.869. The molecule has 5 nitrogen and oxygen atoms in total. The molecule has 0 unspecified atom stereocenters. The average Bonchev–Trinajstić information content (AvgIpc) is 2.60. The molecule has 0 spiro atoms. The van der Waals surface area contributed by atoms with Crippen LogP contribution in [-0.4, -0.2) is 60.0 Å². The number of carbonyl (C=O) groups is 1. The number of aryl methyl sites for hydroxylation is 1. The van der Waals surface area contributed by atoms with Gasteiger partial charge >= 0.3 is 0 Å². The van der Waals surface area contributed by atoms with Gasteiger partial charge in [-0.15, -0.1) is 0 Å². The van der Waals surface area contributed by atoms with E-state index >= 15 is 0 Å². The molecule has 24 heavy (non-hydrogen) atoms. The van der Waals surface area contributed by atoms with Gasteiger partial charge in [-0.2, -0.15) is 0 Å². The Bertz CT molecular complexity index is 750. The third-order valence-electron chi connectivity index (χ3n) is 4.78. The molecule has 1 aromatic heterocycles. The SMILES string of the molecule is COc1ccc2cc(C(=O)N3CCN(C(C)C)CC3)c(C)nc2c1. The second-order valence-corrected chi connectivity index (χ2v) is 6.60. The lowest BCUT2D eigenvalue weighted by molar-refractivity contribution is 0.0594. The van der Waals surface area contributed by atoms with Gasteiger partial charge < -0.3 is 9.64 Å². The minimum atomic E-state index is 0.0844. The smallest absolute Gasteiger partial charge is 0.255 e. The molecule has 5 heteroatoms. The fourth-order valence-electron chi connectivity index (χ4n) is 3.20. The average molecular weight is 327 g/mol. The number of benzene rings is 1. The first-order valence-corrected chi connectivity index (χ1v) is 8.48.